The summed E-state index contributed by atoms with van der Waals surface area (Å²) in [6, 6.07) is 7.69. The molecule has 1 aromatic rings. The molecule has 0 saturated carbocycles. The zero-order valence-electron chi connectivity index (χ0n) is 8.53. The third-order valence-corrected chi connectivity index (χ3v) is 2.10. The molecule has 0 radical (unpaired) electrons. The van der Waals surface area contributed by atoms with E-state index in [0.29, 0.717) is 5.75 Å². The Hall–Kier alpha value is -0.800. The molecule has 0 aliphatic carbocycles. The Balaban J connectivity index is 2.63. The van der Waals surface area contributed by atoms with Crippen molar-refractivity contribution in [2.45, 2.75) is 26.2 Å². The van der Waals surface area contributed by atoms with Gasteiger partial charge >= 0.3 is 4.51 Å². The molecule has 0 unspecified atom stereocenters. The molecule has 0 fully saturated rings. The van der Waals surface area contributed by atoms with Crippen LogP contribution in [0.3, 0.4) is 0 Å². The molecule has 0 heterocycles. The van der Waals surface area contributed by atoms with E-state index in [1.807, 2.05) is 24.3 Å². The van der Waals surface area contributed by atoms with Crippen LogP contribution in [-0.4, -0.2) is 4.51 Å². The molecule has 0 spiro atoms. The molecule has 1 aromatic carbocycles. The Morgan fingerprint density at radius 2 is 2.13 bits per heavy atom. The zero-order valence-corrected chi connectivity index (χ0v) is 10.1. The first-order valence-electron chi connectivity index (χ1n) is 4.86. The highest BCUT2D eigenvalue weighted by molar-refractivity contribution is 7.82. The first kappa shape index (κ1) is 12.3. The number of aryl methyl sites for hydroxylation is 1. The molecule has 0 N–H and O–H groups in total. The number of para-hydroxylation sites is 1. The number of hydrogen-bond donors (Lipinski definition) is 0. The van der Waals surface area contributed by atoms with Crippen LogP contribution in [0, 0.1) is 0 Å². The number of thiocarbonyl (C=S) groups is 1. The van der Waals surface area contributed by atoms with Gasteiger partial charge in [-0.1, -0.05) is 31.5 Å². The lowest BCUT2D eigenvalue weighted by atomic mass is 10.1. The number of hydrogen-bond acceptors (Lipinski definition) is 3. The van der Waals surface area contributed by atoms with Gasteiger partial charge in [-0.05, 0) is 48.3 Å². The third kappa shape index (κ3) is 4.49. The van der Waals surface area contributed by atoms with E-state index in [0.717, 1.165) is 24.8 Å². The van der Waals surface area contributed by atoms with E-state index in [1.165, 1.54) is 0 Å². The van der Waals surface area contributed by atoms with Gasteiger partial charge in [-0.3, -0.25) is 9.78 Å². The molecule has 15 heavy (non-hydrogen) atoms. The van der Waals surface area contributed by atoms with Crippen molar-refractivity contribution in [3.05, 3.63) is 29.8 Å². The number of benzene rings is 1. The van der Waals surface area contributed by atoms with Gasteiger partial charge in [-0.15, -0.1) is 0 Å². The summed E-state index contributed by atoms with van der Waals surface area (Å²) in [6.45, 7) is 2.15. The van der Waals surface area contributed by atoms with Gasteiger partial charge in [0.05, 0.1) is 0 Å². The first-order chi connectivity index (χ1) is 7.24. The van der Waals surface area contributed by atoms with Crippen LogP contribution in [0.5, 0.6) is 5.75 Å². The minimum absolute atomic E-state index is 0.139. The van der Waals surface area contributed by atoms with Crippen LogP contribution < -0.4 is 4.89 Å². The molecule has 2 nitrogen and oxygen atoms in total. The van der Waals surface area contributed by atoms with Gasteiger partial charge < -0.3 is 0 Å². The smallest absolute Gasteiger partial charge is 0.288 e. The second kappa shape index (κ2) is 6.64. The number of halogens is 1. The van der Waals surface area contributed by atoms with Crippen molar-refractivity contribution < 1.29 is 9.78 Å². The molecule has 0 bridgehead atoms. The molecule has 0 atom stereocenters. The Morgan fingerprint density at radius 1 is 1.40 bits per heavy atom. The van der Waals surface area contributed by atoms with E-state index in [1.54, 1.807) is 0 Å². The highest BCUT2D eigenvalue weighted by Crippen LogP contribution is 2.20. The zero-order chi connectivity index (χ0) is 11.1. The van der Waals surface area contributed by atoms with Crippen LogP contribution in [0.1, 0.15) is 25.3 Å². The lowest BCUT2D eigenvalue weighted by molar-refractivity contribution is -0.110. The van der Waals surface area contributed by atoms with E-state index in [4.69, 9.17) is 16.5 Å². The molecule has 0 amide bonds. The summed E-state index contributed by atoms with van der Waals surface area (Å²) < 4.78 is -0.139. The Morgan fingerprint density at radius 3 is 2.80 bits per heavy atom. The summed E-state index contributed by atoms with van der Waals surface area (Å²) >= 11 is 9.91. The standard InChI is InChI=1S/C11H13ClO2S/c1-2-3-6-9-7-4-5-8-10(9)13-14-11(12)15/h4-5,7-8H,2-3,6H2,1H3. The third-order valence-electron chi connectivity index (χ3n) is 1.97. The fraction of sp³-hybridized carbons (Fsp3) is 0.364. The summed E-state index contributed by atoms with van der Waals surface area (Å²) in [5.41, 5.74) is 1.10. The van der Waals surface area contributed by atoms with Crippen LogP contribution in [0.15, 0.2) is 24.3 Å². The number of rotatable bonds is 5. The van der Waals surface area contributed by atoms with Crippen LogP contribution >= 0.6 is 23.8 Å². The van der Waals surface area contributed by atoms with Crippen LogP contribution in [0.4, 0.5) is 0 Å². The Labute approximate surface area is 100 Å². The van der Waals surface area contributed by atoms with E-state index in [-0.39, 0.29) is 4.51 Å². The molecule has 1 rings (SSSR count). The van der Waals surface area contributed by atoms with Gasteiger partial charge in [0, 0.05) is 0 Å². The topological polar surface area (TPSA) is 18.5 Å². The monoisotopic (exact) mass is 244 g/mol. The maximum absolute atomic E-state index is 5.37. The van der Waals surface area contributed by atoms with Gasteiger partial charge in [0.1, 0.15) is 0 Å². The van der Waals surface area contributed by atoms with E-state index in [2.05, 4.69) is 24.0 Å². The maximum Gasteiger partial charge on any atom is 0.310 e. The largest absolute Gasteiger partial charge is 0.310 e. The predicted molar refractivity (Wildman–Crippen MR) is 65.2 cm³/mol. The fourth-order valence-corrected chi connectivity index (χ4v) is 1.30. The molecular weight excluding hydrogens is 232 g/mol. The molecular formula is C11H13ClO2S. The van der Waals surface area contributed by atoms with Crippen LogP contribution in [-0.2, 0) is 11.3 Å². The van der Waals surface area contributed by atoms with Crippen LogP contribution in [0.25, 0.3) is 0 Å². The highest BCUT2D eigenvalue weighted by atomic mass is 35.5. The van der Waals surface area contributed by atoms with Crippen molar-refractivity contribution in [2.75, 3.05) is 0 Å². The van der Waals surface area contributed by atoms with Gasteiger partial charge in [-0.25, -0.2) is 0 Å². The van der Waals surface area contributed by atoms with E-state index >= 15 is 0 Å². The van der Waals surface area contributed by atoms with E-state index < -0.39 is 0 Å². The maximum atomic E-state index is 5.37. The van der Waals surface area contributed by atoms with Crippen molar-refractivity contribution in [3.8, 4) is 5.75 Å². The molecule has 0 aliphatic heterocycles. The first-order valence-corrected chi connectivity index (χ1v) is 5.64. The summed E-state index contributed by atoms with van der Waals surface area (Å²) in [6.07, 6.45) is 3.22. The fourth-order valence-electron chi connectivity index (χ4n) is 1.24. The van der Waals surface area contributed by atoms with Crippen molar-refractivity contribution in [2.24, 2.45) is 0 Å². The quantitative estimate of drug-likeness (QED) is 0.339. The summed E-state index contributed by atoms with van der Waals surface area (Å²) in [5.74, 6) is 0.675. The molecule has 0 aliphatic rings. The highest BCUT2D eigenvalue weighted by Gasteiger charge is 2.04. The number of unbranched alkanes of at least 4 members (excludes halogenated alkanes) is 1. The summed E-state index contributed by atoms with van der Waals surface area (Å²) in [4.78, 5) is 9.67. The Bertz CT molecular complexity index is 328. The summed E-state index contributed by atoms with van der Waals surface area (Å²) in [7, 11) is 0. The Kier molecular flexibility index (Phi) is 5.43. The second-order valence-electron chi connectivity index (χ2n) is 3.12. The van der Waals surface area contributed by atoms with Gasteiger partial charge in [0.2, 0.25) is 0 Å². The normalized spacial score (nSPS) is 9.73. The van der Waals surface area contributed by atoms with Crippen molar-refractivity contribution in [3.63, 3.8) is 0 Å². The van der Waals surface area contributed by atoms with Crippen molar-refractivity contribution >= 4 is 28.3 Å². The van der Waals surface area contributed by atoms with Crippen molar-refractivity contribution in [1.82, 2.24) is 0 Å². The van der Waals surface area contributed by atoms with Gasteiger partial charge in [-0.2, -0.15) is 0 Å². The molecule has 0 saturated heterocycles. The lowest BCUT2D eigenvalue weighted by Crippen LogP contribution is -2.01. The predicted octanol–water partition coefficient (Wildman–Crippen LogP) is 3.86. The van der Waals surface area contributed by atoms with Crippen molar-refractivity contribution in [1.29, 1.82) is 0 Å². The van der Waals surface area contributed by atoms with Gasteiger partial charge in [0.15, 0.2) is 5.75 Å². The van der Waals surface area contributed by atoms with Gasteiger partial charge in [0.25, 0.3) is 0 Å². The molecule has 82 valence electrons. The average molecular weight is 245 g/mol. The minimum Gasteiger partial charge on any atom is -0.288 e. The lowest BCUT2D eigenvalue weighted by Gasteiger charge is -2.07. The SMILES string of the molecule is CCCCc1ccccc1OOC(=S)Cl. The molecule has 0 aromatic heterocycles. The minimum atomic E-state index is -0.139. The molecule has 4 heteroatoms. The second-order valence-corrected chi connectivity index (χ2v) is 4.05. The van der Waals surface area contributed by atoms with Crippen LogP contribution in [0.2, 0.25) is 0 Å². The van der Waals surface area contributed by atoms with E-state index in [9.17, 15) is 0 Å². The average Bonchev–Trinajstić information content (AvgIpc) is 2.24. The summed E-state index contributed by atoms with van der Waals surface area (Å²) in [5, 5.41) is 0.